The fourth-order valence-electron chi connectivity index (χ4n) is 2.62. The van der Waals surface area contributed by atoms with Gasteiger partial charge in [-0.1, -0.05) is 6.92 Å². The first-order valence-electron chi connectivity index (χ1n) is 6.77. The number of primary amides is 1. The molecule has 0 saturated heterocycles. The van der Waals surface area contributed by atoms with E-state index in [0.717, 1.165) is 29.8 Å². The topological polar surface area (TPSA) is 83.6 Å². The summed E-state index contributed by atoms with van der Waals surface area (Å²) in [5.74, 6) is -0.624. The quantitative estimate of drug-likeness (QED) is 0.869. The van der Waals surface area contributed by atoms with Crippen LogP contribution in [0.4, 0.5) is 5.00 Å². The largest absolute Gasteiger partial charge is 0.481 e. The Bertz CT molecular complexity index is 539. The first-order chi connectivity index (χ1) is 9.40. The van der Waals surface area contributed by atoms with Crippen molar-refractivity contribution in [1.29, 1.82) is 0 Å². The zero-order chi connectivity index (χ0) is 14.9. The molecule has 1 aromatic rings. The number of carbonyl (C=O) groups excluding carboxylic acids is 1. The van der Waals surface area contributed by atoms with Gasteiger partial charge in [0.15, 0.2) is 0 Å². The van der Waals surface area contributed by atoms with Crippen molar-refractivity contribution in [3.05, 3.63) is 16.0 Å². The van der Waals surface area contributed by atoms with E-state index in [9.17, 15) is 9.59 Å². The van der Waals surface area contributed by atoms with Gasteiger partial charge in [-0.25, -0.2) is 0 Å². The number of hydrogen-bond acceptors (Lipinski definition) is 4. The van der Waals surface area contributed by atoms with E-state index in [2.05, 4.69) is 6.92 Å². The number of nitrogens with two attached hydrogens (primary N) is 1. The summed E-state index contributed by atoms with van der Waals surface area (Å²) in [6.07, 6.45) is 2.99. The predicted molar refractivity (Wildman–Crippen MR) is 79.5 cm³/mol. The molecule has 0 fully saturated rings. The Balaban J connectivity index is 2.32. The number of carboxylic acid groups (broad SMARTS) is 1. The first kappa shape index (κ1) is 14.8. The van der Waals surface area contributed by atoms with Crippen LogP contribution in [0.3, 0.4) is 0 Å². The van der Waals surface area contributed by atoms with Crippen molar-refractivity contribution in [2.45, 2.75) is 32.6 Å². The van der Waals surface area contributed by atoms with Gasteiger partial charge in [0.2, 0.25) is 0 Å². The maximum Gasteiger partial charge on any atom is 0.305 e. The maximum atomic E-state index is 11.8. The number of nitrogens with zero attached hydrogens (tertiary/aromatic N) is 1. The van der Waals surface area contributed by atoms with E-state index < -0.39 is 11.9 Å². The smallest absolute Gasteiger partial charge is 0.305 e. The molecule has 20 heavy (non-hydrogen) atoms. The summed E-state index contributed by atoms with van der Waals surface area (Å²) >= 11 is 1.59. The van der Waals surface area contributed by atoms with E-state index in [4.69, 9.17) is 10.8 Å². The second-order valence-corrected chi connectivity index (χ2v) is 6.55. The Morgan fingerprint density at radius 1 is 1.50 bits per heavy atom. The molecule has 1 amide bonds. The van der Waals surface area contributed by atoms with Gasteiger partial charge in [0, 0.05) is 18.5 Å². The van der Waals surface area contributed by atoms with Crippen LogP contribution < -0.4 is 10.6 Å². The number of rotatable bonds is 5. The van der Waals surface area contributed by atoms with Crippen molar-refractivity contribution in [1.82, 2.24) is 0 Å². The number of aliphatic carboxylic acids is 1. The zero-order valence-corrected chi connectivity index (χ0v) is 12.6. The Kier molecular flexibility index (Phi) is 4.32. The Labute approximate surface area is 122 Å². The molecule has 0 aromatic carbocycles. The second-order valence-electron chi connectivity index (χ2n) is 5.46. The molecular weight excluding hydrogens is 276 g/mol. The van der Waals surface area contributed by atoms with Gasteiger partial charge in [0.25, 0.3) is 5.91 Å². The highest BCUT2D eigenvalue weighted by atomic mass is 32.1. The molecule has 0 aliphatic heterocycles. The molecule has 1 aromatic heterocycles. The molecule has 1 aliphatic rings. The minimum atomic E-state index is -0.840. The van der Waals surface area contributed by atoms with Crippen LogP contribution in [0.15, 0.2) is 0 Å². The molecule has 3 N–H and O–H groups in total. The normalized spacial score (nSPS) is 17.6. The summed E-state index contributed by atoms with van der Waals surface area (Å²) in [6, 6.07) is 0. The van der Waals surface area contributed by atoms with Gasteiger partial charge in [0.05, 0.1) is 12.0 Å². The van der Waals surface area contributed by atoms with Crippen molar-refractivity contribution in [2.75, 3.05) is 18.5 Å². The van der Waals surface area contributed by atoms with Gasteiger partial charge in [-0.2, -0.15) is 0 Å². The Hall–Kier alpha value is -1.56. The molecule has 0 bridgehead atoms. The number of fused-ring (bicyclic) bond motifs is 1. The van der Waals surface area contributed by atoms with Gasteiger partial charge in [-0.3, -0.25) is 9.59 Å². The van der Waals surface area contributed by atoms with E-state index in [-0.39, 0.29) is 6.42 Å². The molecule has 0 radical (unpaired) electrons. The minimum absolute atomic E-state index is 0.0493. The highest BCUT2D eigenvalue weighted by molar-refractivity contribution is 7.16. The molecular formula is C14H20N2O3S. The van der Waals surface area contributed by atoms with E-state index >= 15 is 0 Å². The molecule has 0 saturated carbocycles. The summed E-state index contributed by atoms with van der Waals surface area (Å²) in [4.78, 5) is 25.5. The average molecular weight is 296 g/mol. The van der Waals surface area contributed by atoms with E-state index in [0.29, 0.717) is 18.0 Å². The highest BCUT2D eigenvalue weighted by Crippen LogP contribution is 2.40. The van der Waals surface area contributed by atoms with Crippen molar-refractivity contribution in [3.63, 3.8) is 0 Å². The minimum Gasteiger partial charge on any atom is -0.481 e. The van der Waals surface area contributed by atoms with Crippen LogP contribution in [0.5, 0.6) is 0 Å². The molecule has 1 heterocycles. The summed E-state index contributed by atoms with van der Waals surface area (Å²) in [7, 11) is 1.82. The average Bonchev–Trinajstić information content (AvgIpc) is 2.74. The number of hydrogen-bond donors (Lipinski definition) is 2. The Morgan fingerprint density at radius 2 is 2.20 bits per heavy atom. The third-order valence-electron chi connectivity index (χ3n) is 3.75. The van der Waals surface area contributed by atoms with Crippen molar-refractivity contribution in [3.8, 4) is 0 Å². The van der Waals surface area contributed by atoms with Crippen LogP contribution in [0.2, 0.25) is 0 Å². The van der Waals surface area contributed by atoms with Crippen LogP contribution in [-0.4, -0.2) is 30.6 Å². The van der Waals surface area contributed by atoms with Crippen molar-refractivity contribution < 1.29 is 14.7 Å². The third kappa shape index (κ3) is 2.95. The van der Waals surface area contributed by atoms with Gasteiger partial charge in [-0.05, 0) is 30.7 Å². The van der Waals surface area contributed by atoms with E-state index in [1.807, 2.05) is 11.9 Å². The zero-order valence-electron chi connectivity index (χ0n) is 11.8. The molecule has 1 atom stereocenters. The van der Waals surface area contributed by atoms with Crippen LogP contribution in [0.1, 0.15) is 40.6 Å². The summed E-state index contributed by atoms with van der Waals surface area (Å²) in [5, 5.41) is 9.59. The number of amides is 1. The molecule has 0 spiro atoms. The number of carbonyl (C=O) groups is 2. The van der Waals surface area contributed by atoms with E-state index in [1.54, 1.807) is 11.3 Å². The molecule has 5 nitrogen and oxygen atoms in total. The van der Waals surface area contributed by atoms with Crippen LogP contribution in [0, 0.1) is 5.92 Å². The maximum absolute atomic E-state index is 11.8. The van der Waals surface area contributed by atoms with Crippen LogP contribution >= 0.6 is 11.3 Å². The van der Waals surface area contributed by atoms with E-state index in [1.165, 1.54) is 4.88 Å². The summed E-state index contributed by atoms with van der Waals surface area (Å²) < 4.78 is 0. The molecule has 6 heteroatoms. The van der Waals surface area contributed by atoms with Crippen molar-refractivity contribution >= 4 is 28.2 Å². The molecule has 1 aliphatic carbocycles. The number of carboxylic acids is 1. The lowest BCUT2D eigenvalue weighted by atomic mass is 9.88. The van der Waals surface area contributed by atoms with Gasteiger partial charge < -0.3 is 15.7 Å². The predicted octanol–water partition coefficient (Wildman–Crippen LogP) is 1.88. The lowest BCUT2D eigenvalue weighted by Gasteiger charge is -2.19. The number of thiophene rings is 1. The fraction of sp³-hybridized carbons (Fsp3) is 0.571. The molecule has 2 rings (SSSR count). The third-order valence-corrected chi connectivity index (χ3v) is 5.12. The van der Waals surface area contributed by atoms with Crippen LogP contribution in [-0.2, 0) is 17.6 Å². The monoisotopic (exact) mass is 296 g/mol. The van der Waals surface area contributed by atoms with Gasteiger partial charge >= 0.3 is 5.97 Å². The van der Waals surface area contributed by atoms with Crippen molar-refractivity contribution in [2.24, 2.45) is 11.7 Å². The van der Waals surface area contributed by atoms with Gasteiger partial charge in [-0.15, -0.1) is 11.3 Å². The first-order valence-corrected chi connectivity index (χ1v) is 7.59. The lowest BCUT2D eigenvalue weighted by molar-refractivity contribution is -0.136. The Morgan fingerprint density at radius 3 is 2.80 bits per heavy atom. The van der Waals surface area contributed by atoms with Gasteiger partial charge in [0.1, 0.15) is 5.00 Å². The summed E-state index contributed by atoms with van der Waals surface area (Å²) in [5.41, 5.74) is 7.22. The van der Waals surface area contributed by atoms with Crippen LogP contribution in [0.25, 0.3) is 0 Å². The second kappa shape index (κ2) is 5.83. The fourth-order valence-corrected chi connectivity index (χ4v) is 4.13. The SMILES string of the molecule is CC1CCc2c(sc(N(C)CCC(=O)O)c2C(N)=O)C1. The highest BCUT2D eigenvalue weighted by Gasteiger charge is 2.27. The summed E-state index contributed by atoms with van der Waals surface area (Å²) in [6.45, 7) is 2.59. The lowest BCUT2D eigenvalue weighted by Crippen LogP contribution is -2.24. The standard InChI is InChI=1S/C14H20N2O3S/c1-8-3-4-9-10(7-8)20-14(12(9)13(15)19)16(2)6-5-11(17)18/h8H,3-7H2,1-2H3,(H2,15,19)(H,17,18). The number of anilines is 1. The molecule has 110 valence electrons. The molecule has 1 unspecified atom stereocenters.